The molecule has 1 heterocycles. The number of hydrogen-bond acceptors (Lipinski definition) is 3. The molecule has 1 aromatic carbocycles. The molecule has 0 saturated heterocycles. The summed E-state index contributed by atoms with van der Waals surface area (Å²) in [5.41, 5.74) is -1.71. The van der Waals surface area contributed by atoms with Gasteiger partial charge in [0.2, 0.25) is 5.88 Å². The number of para-hydroxylation sites is 1. The standard InChI is InChI=1S/C15H10F3NO3/c1-9(14(20)21)11-7-8-12(15(16,17)18)19-13(11)22-10-5-3-2-4-6-10/h2-8H,1H2,(H,20,21). The van der Waals surface area contributed by atoms with Crippen molar-refractivity contribution in [1.82, 2.24) is 4.98 Å². The van der Waals surface area contributed by atoms with Gasteiger partial charge in [-0.2, -0.15) is 13.2 Å². The second-order valence-electron chi connectivity index (χ2n) is 4.25. The number of carbonyl (C=O) groups is 1. The number of aromatic nitrogens is 1. The Balaban J connectivity index is 2.50. The summed E-state index contributed by atoms with van der Waals surface area (Å²) in [4.78, 5) is 14.4. The van der Waals surface area contributed by atoms with Gasteiger partial charge in [0.1, 0.15) is 11.4 Å². The molecule has 4 nitrogen and oxygen atoms in total. The Morgan fingerprint density at radius 2 is 1.77 bits per heavy atom. The van der Waals surface area contributed by atoms with Crippen molar-refractivity contribution in [2.24, 2.45) is 0 Å². The van der Waals surface area contributed by atoms with Crippen molar-refractivity contribution in [2.75, 3.05) is 0 Å². The minimum atomic E-state index is -4.67. The van der Waals surface area contributed by atoms with Crippen LogP contribution in [0.25, 0.3) is 5.57 Å². The first-order valence-electron chi connectivity index (χ1n) is 6.03. The van der Waals surface area contributed by atoms with Crippen LogP contribution < -0.4 is 4.74 Å². The Bertz CT molecular complexity index is 712. The SMILES string of the molecule is C=C(C(=O)O)c1ccc(C(F)(F)F)nc1Oc1ccccc1. The average molecular weight is 309 g/mol. The number of rotatable bonds is 4. The Kier molecular flexibility index (Phi) is 4.16. The maximum Gasteiger partial charge on any atom is 0.433 e. The van der Waals surface area contributed by atoms with Crippen LogP contribution in [0, 0.1) is 0 Å². The third-order valence-electron chi connectivity index (χ3n) is 2.69. The highest BCUT2D eigenvalue weighted by Crippen LogP contribution is 2.34. The summed E-state index contributed by atoms with van der Waals surface area (Å²) in [5.74, 6) is -1.61. The molecule has 0 radical (unpaired) electrons. The van der Waals surface area contributed by atoms with E-state index in [9.17, 15) is 18.0 Å². The van der Waals surface area contributed by atoms with E-state index in [0.29, 0.717) is 6.07 Å². The Morgan fingerprint density at radius 3 is 2.32 bits per heavy atom. The fourth-order valence-corrected chi connectivity index (χ4v) is 1.62. The van der Waals surface area contributed by atoms with E-state index < -0.39 is 29.3 Å². The van der Waals surface area contributed by atoms with Crippen LogP contribution in [0.1, 0.15) is 11.3 Å². The molecule has 0 unspecified atom stereocenters. The van der Waals surface area contributed by atoms with Gasteiger partial charge in [-0.1, -0.05) is 24.8 Å². The van der Waals surface area contributed by atoms with Crippen LogP contribution in [0.4, 0.5) is 13.2 Å². The van der Waals surface area contributed by atoms with Crippen LogP contribution in [0.2, 0.25) is 0 Å². The van der Waals surface area contributed by atoms with Gasteiger partial charge in [-0.15, -0.1) is 0 Å². The summed E-state index contributed by atoms with van der Waals surface area (Å²) in [6.45, 7) is 3.32. The normalized spacial score (nSPS) is 11.0. The van der Waals surface area contributed by atoms with Crippen molar-refractivity contribution in [3.63, 3.8) is 0 Å². The van der Waals surface area contributed by atoms with Gasteiger partial charge in [0.05, 0.1) is 11.1 Å². The minimum Gasteiger partial charge on any atom is -0.478 e. The predicted octanol–water partition coefficient (Wildman–Crippen LogP) is 3.99. The number of halogens is 3. The smallest absolute Gasteiger partial charge is 0.433 e. The third kappa shape index (κ3) is 3.43. The number of aliphatic carboxylic acids is 1. The van der Waals surface area contributed by atoms with Gasteiger partial charge < -0.3 is 9.84 Å². The first-order valence-corrected chi connectivity index (χ1v) is 6.03. The lowest BCUT2D eigenvalue weighted by Crippen LogP contribution is -2.10. The first-order chi connectivity index (χ1) is 10.3. The molecule has 0 fully saturated rings. The summed E-state index contributed by atoms with van der Waals surface area (Å²) in [7, 11) is 0. The van der Waals surface area contributed by atoms with Gasteiger partial charge in [-0.25, -0.2) is 9.78 Å². The summed E-state index contributed by atoms with van der Waals surface area (Å²) >= 11 is 0. The second-order valence-corrected chi connectivity index (χ2v) is 4.25. The van der Waals surface area contributed by atoms with E-state index in [4.69, 9.17) is 9.84 Å². The van der Waals surface area contributed by atoms with Crippen LogP contribution in [0.5, 0.6) is 11.6 Å². The quantitative estimate of drug-likeness (QED) is 0.868. The highest BCUT2D eigenvalue weighted by Gasteiger charge is 2.34. The fraction of sp³-hybridized carbons (Fsp3) is 0.0667. The van der Waals surface area contributed by atoms with Crippen LogP contribution in [0.3, 0.4) is 0 Å². The molecule has 22 heavy (non-hydrogen) atoms. The van der Waals surface area contributed by atoms with Crippen molar-refractivity contribution in [3.8, 4) is 11.6 Å². The van der Waals surface area contributed by atoms with Crippen molar-refractivity contribution in [1.29, 1.82) is 0 Å². The van der Waals surface area contributed by atoms with E-state index in [-0.39, 0.29) is 11.3 Å². The molecule has 0 bridgehead atoms. The summed E-state index contributed by atoms with van der Waals surface area (Å²) in [6.07, 6.45) is -4.67. The van der Waals surface area contributed by atoms with E-state index in [2.05, 4.69) is 11.6 Å². The highest BCUT2D eigenvalue weighted by molar-refractivity contribution is 6.15. The number of hydrogen-bond donors (Lipinski definition) is 1. The van der Waals surface area contributed by atoms with Gasteiger partial charge in [0.25, 0.3) is 0 Å². The number of carboxylic acid groups (broad SMARTS) is 1. The van der Waals surface area contributed by atoms with Crippen LogP contribution >= 0.6 is 0 Å². The molecule has 0 aliphatic carbocycles. The molecule has 0 aliphatic heterocycles. The Labute approximate surface area is 123 Å². The molecule has 1 N–H and O–H groups in total. The average Bonchev–Trinajstić information content (AvgIpc) is 2.46. The molecule has 7 heteroatoms. The topological polar surface area (TPSA) is 59.4 Å². The second kappa shape index (κ2) is 5.88. The molecule has 0 spiro atoms. The molecule has 0 aliphatic rings. The van der Waals surface area contributed by atoms with Crippen molar-refractivity contribution >= 4 is 11.5 Å². The van der Waals surface area contributed by atoms with Gasteiger partial charge in [-0.05, 0) is 24.3 Å². The number of alkyl halides is 3. The number of ether oxygens (including phenoxy) is 1. The van der Waals surface area contributed by atoms with Crippen molar-refractivity contribution in [3.05, 3.63) is 60.3 Å². The fourth-order valence-electron chi connectivity index (χ4n) is 1.62. The monoisotopic (exact) mass is 309 g/mol. The number of carboxylic acids is 1. The minimum absolute atomic E-state index is 0.121. The summed E-state index contributed by atoms with van der Waals surface area (Å²) in [5, 5.41) is 8.95. The molecule has 0 saturated carbocycles. The van der Waals surface area contributed by atoms with Crippen molar-refractivity contribution in [2.45, 2.75) is 6.18 Å². The summed E-state index contributed by atoms with van der Waals surface area (Å²) < 4.78 is 43.5. The van der Waals surface area contributed by atoms with Gasteiger partial charge >= 0.3 is 12.1 Å². The molecule has 2 aromatic rings. The van der Waals surface area contributed by atoms with Crippen LogP contribution in [-0.2, 0) is 11.0 Å². The van der Waals surface area contributed by atoms with Crippen LogP contribution in [0.15, 0.2) is 49.0 Å². The van der Waals surface area contributed by atoms with E-state index in [1.54, 1.807) is 18.2 Å². The molecular formula is C15H10F3NO3. The first kappa shape index (κ1) is 15.6. The zero-order valence-corrected chi connectivity index (χ0v) is 11.1. The number of benzene rings is 1. The third-order valence-corrected chi connectivity index (χ3v) is 2.69. The maximum absolute atomic E-state index is 12.7. The zero-order valence-electron chi connectivity index (χ0n) is 11.1. The van der Waals surface area contributed by atoms with E-state index in [1.807, 2.05) is 0 Å². The molecule has 0 atom stereocenters. The van der Waals surface area contributed by atoms with Gasteiger partial charge in [-0.3, -0.25) is 0 Å². The number of pyridine rings is 1. The predicted molar refractivity (Wildman–Crippen MR) is 72.4 cm³/mol. The lowest BCUT2D eigenvalue weighted by Gasteiger charge is -2.13. The molecular weight excluding hydrogens is 299 g/mol. The molecule has 114 valence electrons. The zero-order chi connectivity index (χ0) is 16.3. The highest BCUT2D eigenvalue weighted by atomic mass is 19.4. The van der Waals surface area contributed by atoms with Crippen molar-refractivity contribution < 1.29 is 27.8 Å². The van der Waals surface area contributed by atoms with Gasteiger partial charge in [0, 0.05) is 0 Å². The molecule has 2 rings (SSSR count). The Hall–Kier alpha value is -2.83. The van der Waals surface area contributed by atoms with Gasteiger partial charge in [0.15, 0.2) is 0 Å². The lowest BCUT2D eigenvalue weighted by molar-refractivity contribution is -0.141. The van der Waals surface area contributed by atoms with E-state index in [0.717, 1.165) is 6.07 Å². The number of nitrogens with zero attached hydrogens (tertiary/aromatic N) is 1. The van der Waals surface area contributed by atoms with Crippen LogP contribution in [-0.4, -0.2) is 16.1 Å². The Morgan fingerprint density at radius 1 is 1.14 bits per heavy atom. The largest absolute Gasteiger partial charge is 0.478 e. The summed E-state index contributed by atoms with van der Waals surface area (Å²) in [6, 6.07) is 9.61. The molecule has 1 aromatic heterocycles. The maximum atomic E-state index is 12.7. The van der Waals surface area contributed by atoms with E-state index in [1.165, 1.54) is 12.1 Å². The lowest BCUT2D eigenvalue weighted by atomic mass is 10.1. The van der Waals surface area contributed by atoms with E-state index >= 15 is 0 Å². The molecule has 0 amide bonds.